The number of nitrogens with one attached hydrogen (secondary N) is 1. The quantitative estimate of drug-likeness (QED) is 0.798. The molecule has 0 spiro atoms. The summed E-state index contributed by atoms with van der Waals surface area (Å²) >= 11 is 6.83. The average Bonchev–Trinajstić information content (AvgIpc) is 2.49. The Morgan fingerprint density at radius 3 is 2.36 bits per heavy atom. The number of halogens is 2. The Balaban J connectivity index is 1.94. The van der Waals surface area contributed by atoms with Gasteiger partial charge in [-0.2, -0.15) is 0 Å². The van der Waals surface area contributed by atoms with Crippen LogP contribution < -0.4 is 5.32 Å². The monoisotopic (exact) mass is 431 g/mol. The molecule has 1 aromatic rings. The average molecular weight is 433 g/mol. The molecule has 1 heterocycles. The Labute approximate surface area is 147 Å². The van der Waals surface area contributed by atoms with Crippen LogP contribution in [0.2, 0.25) is 0 Å². The lowest BCUT2D eigenvalue weighted by Crippen LogP contribution is -2.53. The van der Waals surface area contributed by atoms with Gasteiger partial charge in [0.1, 0.15) is 0 Å². The van der Waals surface area contributed by atoms with E-state index in [1.807, 2.05) is 30.0 Å². The molecule has 5 nitrogen and oxygen atoms in total. The van der Waals surface area contributed by atoms with Crippen molar-refractivity contribution in [1.82, 2.24) is 9.80 Å². The fourth-order valence-electron chi connectivity index (χ4n) is 2.42. The maximum absolute atomic E-state index is 12.4. The highest BCUT2D eigenvalue weighted by atomic mass is 79.9. The first-order valence-electron chi connectivity index (χ1n) is 7.14. The van der Waals surface area contributed by atoms with E-state index in [1.165, 1.54) is 0 Å². The topological polar surface area (TPSA) is 52.7 Å². The number of hydrogen-bond donors (Lipinski definition) is 1. The van der Waals surface area contributed by atoms with Gasteiger partial charge in [-0.3, -0.25) is 14.5 Å². The highest BCUT2D eigenvalue weighted by Crippen LogP contribution is 2.26. The number of hydrogen-bond acceptors (Lipinski definition) is 3. The van der Waals surface area contributed by atoms with Crippen LogP contribution in [-0.2, 0) is 9.59 Å². The SMILES string of the molecule is CC(=O)N1CCN(C(C)C(=O)Nc2ccc(Br)cc2Br)CC1. The van der Waals surface area contributed by atoms with Gasteiger partial charge >= 0.3 is 0 Å². The number of nitrogens with zero attached hydrogens (tertiary/aromatic N) is 2. The minimum Gasteiger partial charge on any atom is -0.340 e. The van der Waals surface area contributed by atoms with Gasteiger partial charge in [-0.15, -0.1) is 0 Å². The first-order valence-corrected chi connectivity index (χ1v) is 8.72. The van der Waals surface area contributed by atoms with Gasteiger partial charge in [0.25, 0.3) is 0 Å². The summed E-state index contributed by atoms with van der Waals surface area (Å²) < 4.78 is 1.79. The molecule has 1 fully saturated rings. The molecule has 1 aliphatic rings. The molecule has 0 aliphatic carbocycles. The second kappa shape index (κ2) is 7.57. The lowest BCUT2D eigenvalue weighted by atomic mass is 10.2. The summed E-state index contributed by atoms with van der Waals surface area (Å²) in [6, 6.07) is 5.40. The summed E-state index contributed by atoms with van der Waals surface area (Å²) in [5, 5.41) is 2.94. The van der Waals surface area contributed by atoms with Crippen LogP contribution in [0.1, 0.15) is 13.8 Å². The van der Waals surface area contributed by atoms with Crippen molar-refractivity contribution >= 4 is 49.4 Å². The third kappa shape index (κ3) is 4.30. The summed E-state index contributed by atoms with van der Waals surface area (Å²) in [6.07, 6.45) is 0. The number of carbonyl (C=O) groups excluding carboxylic acids is 2. The van der Waals surface area contributed by atoms with Gasteiger partial charge in [0.2, 0.25) is 11.8 Å². The third-order valence-corrected chi connectivity index (χ3v) is 5.03. The molecule has 2 rings (SSSR count). The van der Waals surface area contributed by atoms with E-state index in [-0.39, 0.29) is 17.9 Å². The lowest BCUT2D eigenvalue weighted by Gasteiger charge is -2.37. The first kappa shape index (κ1) is 17.4. The summed E-state index contributed by atoms with van der Waals surface area (Å²) in [5.41, 5.74) is 0.752. The Bertz CT molecular complexity index is 572. The van der Waals surface area contributed by atoms with Crippen molar-refractivity contribution in [2.75, 3.05) is 31.5 Å². The smallest absolute Gasteiger partial charge is 0.241 e. The Kier molecular flexibility index (Phi) is 6.00. The zero-order chi connectivity index (χ0) is 16.3. The summed E-state index contributed by atoms with van der Waals surface area (Å²) in [5.74, 6) is 0.0508. The van der Waals surface area contributed by atoms with E-state index < -0.39 is 0 Å². The molecule has 0 bridgehead atoms. The molecule has 2 amide bonds. The van der Waals surface area contributed by atoms with Crippen molar-refractivity contribution in [3.05, 3.63) is 27.1 Å². The van der Waals surface area contributed by atoms with Crippen LogP contribution in [0, 0.1) is 0 Å². The predicted molar refractivity (Wildman–Crippen MR) is 93.8 cm³/mol. The third-order valence-electron chi connectivity index (χ3n) is 3.88. The Morgan fingerprint density at radius 1 is 1.18 bits per heavy atom. The number of benzene rings is 1. The van der Waals surface area contributed by atoms with Crippen molar-refractivity contribution in [3.63, 3.8) is 0 Å². The predicted octanol–water partition coefficient (Wildman–Crippen LogP) is 2.70. The van der Waals surface area contributed by atoms with Crippen molar-refractivity contribution in [3.8, 4) is 0 Å². The molecule has 1 aliphatic heterocycles. The molecule has 1 N–H and O–H groups in total. The van der Waals surface area contributed by atoms with Crippen molar-refractivity contribution in [2.45, 2.75) is 19.9 Å². The van der Waals surface area contributed by atoms with Crippen LogP contribution in [0.25, 0.3) is 0 Å². The fourth-order valence-corrected chi connectivity index (χ4v) is 3.56. The van der Waals surface area contributed by atoms with Crippen molar-refractivity contribution in [2.24, 2.45) is 0 Å². The van der Waals surface area contributed by atoms with Gasteiger partial charge in [0.15, 0.2) is 0 Å². The normalized spacial score (nSPS) is 17.2. The zero-order valence-corrected chi connectivity index (χ0v) is 15.8. The van der Waals surface area contributed by atoms with Gasteiger partial charge in [-0.05, 0) is 41.1 Å². The number of anilines is 1. The number of amides is 2. The Hall–Kier alpha value is -0.920. The van der Waals surface area contributed by atoms with Gasteiger partial charge in [-0.1, -0.05) is 15.9 Å². The van der Waals surface area contributed by atoms with Crippen LogP contribution in [0.15, 0.2) is 27.1 Å². The van der Waals surface area contributed by atoms with E-state index in [4.69, 9.17) is 0 Å². The lowest BCUT2D eigenvalue weighted by molar-refractivity contribution is -0.131. The molecular weight excluding hydrogens is 414 g/mol. The molecule has 1 saturated heterocycles. The van der Waals surface area contributed by atoms with Crippen LogP contribution in [-0.4, -0.2) is 53.8 Å². The molecule has 1 unspecified atom stereocenters. The number of carbonyl (C=O) groups is 2. The summed E-state index contributed by atoms with van der Waals surface area (Å²) in [7, 11) is 0. The summed E-state index contributed by atoms with van der Waals surface area (Å²) in [4.78, 5) is 27.6. The van der Waals surface area contributed by atoms with Crippen molar-refractivity contribution in [1.29, 1.82) is 0 Å². The van der Waals surface area contributed by atoms with Gasteiger partial charge in [0, 0.05) is 42.0 Å². The van der Waals surface area contributed by atoms with Gasteiger partial charge < -0.3 is 10.2 Å². The van der Waals surface area contributed by atoms with Crippen LogP contribution in [0.5, 0.6) is 0 Å². The molecular formula is C15H19Br2N3O2. The van der Waals surface area contributed by atoms with Gasteiger partial charge in [0.05, 0.1) is 11.7 Å². The minimum absolute atomic E-state index is 0.0423. The van der Waals surface area contributed by atoms with E-state index in [9.17, 15) is 9.59 Å². The Morgan fingerprint density at radius 2 is 1.82 bits per heavy atom. The fraction of sp³-hybridized carbons (Fsp3) is 0.467. The molecule has 120 valence electrons. The second-order valence-corrected chi connectivity index (χ2v) is 7.10. The largest absolute Gasteiger partial charge is 0.340 e. The van der Waals surface area contributed by atoms with Gasteiger partial charge in [-0.25, -0.2) is 0 Å². The van der Waals surface area contributed by atoms with E-state index >= 15 is 0 Å². The van der Waals surface area contributed by atoms with Crippen LogP contribution >= 0.6 is 31.9 Å². The van der Waals surface area contributed by atoms with E-state index in [0.29, 0.717) is 13.1 Å². The molecule has 0 radical (unpaired) electrons. The minimum atomic E-state index is -0.232. The first-order chi connectivity index (χ1) is 10.4. The maximum atomic E-state index is 12.4. The maximum Gasteiger partial charge on any atom is 0.241 e. The number of rotatable bonds is 3. The number of piperazine rings is 1. The van der Waals surface area contributed by atoms with E-state index in [2.05, 4.69) is 42.1 Å². The molecule has 0 aromatic heterocycles. The standard InChI is InChI=1S/C15H19Br2N3O2/c1-10(19-5-7-20(8-6-19)11(2)21)15(22)18-14-4-3-12(16)9-13(14)17/h3-4,9-10H,5-8H2,1-2H3,(H,18,22). The molecule has 7 heteroatoms. The molecule has 1 aromatic carbocycles. The van der Waals surface area contributed by atoms with Crippen molar-refractivity contribution < 1.29 is 9.59 Å². The van der Waals surface area contributed by atoms with Crippen LogP contribution in [0.3, 0.4) is 0 Å². The van der Waals surface area contributed by atoms with E-state index in [0.717, 1.165) is 27.7 Å². The molecule has 22 heavy (non-hydrogen) atoms. The molecule has 1 atom stereocenters. The highest BCUT2D eigenvalue weighted by molar-refractivity contribution is 9.11. The zero-order valence-electron chi connectivity index (χ0n) is 12.6. The highest BCUT2D eigenvalue weighted by Gasteiger charge is 2.26. The van der Waals surface area contributed by atoms with Crippen LogP contribution in [0.4, 0.5) is 5.69 Å². The van der Waals surface area contributed by atoms with E-state index in [1.54, 1.807) is 6.92 Å². The second-order valence-electron chi connectivity index (χ2n) is 5.33. The summed E-state index contributed by atoms with van der Waals surface area (Å²) in [6.45, 7) is 6.26. The molecule has 0 saturated carbocycles.